The molecule has 0 aromatic heterocycles. The number of rotatable bonds is 18. The number of aliphatic hydroxyl groups excluding tert-OH is 1. The molecule has 5 atom stereocenters. The molecule has 4 rings (SSSR count). The van der Waals surface area contributed by atoms with Gasteiger partial charge in [-0.25, -0.2) is 22.8 Å². The van der Waals surface area contributed by atoms with Crippen molar-refractivity contribution >= 4 is 28.1 Å². The van der Waals surface area contributed by atoms with Gasteiger partial charge in [0.25, 0.3) is 0 Å². The van der Waals surface area contributed by atoms with Crippen LogP contribution in [0.25, 0.3) is 0 Å². The van der Waals surface area contributed by atoms with Crippen LogP contribution < -0.4 is 20.9 Å². The molecule has 0 saturated carbocycles. The summed E-state index contributed by atoms with van der Waals surface area (Å²) in [5.41, 5.74) is 2.23. The minimum atomic E-state index is -4.25. The Balaban J connectivity index is 1.60. The van der Waals surface area contributed by atoms with Gasteiger partial charge in [-0.15, -0.1) is 0 Å². The molecule has 282 valence electrons. The maximum atomic E-state index is 14.3. The Labute approximate surface area is 298 Å². The summed E-state index contributed by atoms with van der Waals surface area (Å²) in [6.45, 7) is 3.40. The molecule has 0 radical (unpaired) electrons. The summed E-state index contributed by atoms with van der Waals surface area (Å²) in [7, 11) is -1.38. The lowest BCUT2D eigenvalue weighted by Gasteiger charge is -2.40. The molecule has 2 aromatic rings. The van der Waals surface area contributed by atoms with Crippen molar-refractivity contribution in [3.05, 3.63) is 60.2 Å². The van der Waals surface area contributed by atoms with Crippen molar-refractivity contribution < 1.29 is 52.1 Å². The molecule has 5 N–H and O–H groups in total. The summed E-state index contributed by atoms with van der Waals surface area (Å²) in [6, 6.07) is 12.7. The van der Waals surface area contributed by atoms with Gasteiger partial charge in [0.15, 0.2) is 6.29 Å². The first-order chi connectivity index (χ1) is 24.3. The summed E-state index contributed by atoms with van der Waals surface area (Å²) < 4.78 is 46.4. The first kappa shape index (κ1) is 39.8. The van der Waals surface area contributed by atoms with Crippen LogP contribution in [0.2, 0.25) is 0 Å². The predicted octanol–water partition coefficient (Wildman–Crippen LogP) is 1.79. The second-order valence-corrected chi connectivity index (χ2v) is 15.2. The molecule has 0 aliphatic carbocycles. The van der Waals surface area contributed by atoms with Crippen molar-refractivity contribution in [2.24, 2.45) is 11.3 Å². The lowest BCUT2D eigenvalue weighted by Crippen LogP contribution is -2.58. The maximum Gasteiger partial charge on any atom is 0.407 e. The number of carbonyl (C=O) groups is 3. The Morgan fingerprint density at radius 2 is 1.76 bits per heavy atom. The molecule has 0 spiro atoms. The number of carbonyl (C=O) groups excluding carboxylic acids is 2. The first-order valence-electron chi connectivity index (χ1n) is 16.7. The SMILES string of the molecule is CNOC(=O)CNC(=O)NCCC(C)(C)CN(C[C@@H](O)[C@H](Cc1ccccc1)N(C(=O)O)[C@H]1CO[C@H]2OCC[C@H]21)S(=O)(=O)c1ccc(OC)cc1. The topological polar surface area (TPSA) is 205 Å². The third kappa shape index (κ3) is 10.8. The maximum absolute atomic E-state index is 14.3. The molecule has 17 heteroatoms. The Bertz CT molecular complexity index is 1560. The second kappa shape index (κ2) is 18.0. The fourth-order valence-corrected chi connectivity index (χ4v) is 8.09. The number of hydrogen-bond acceptors (Lipinski definition) is 11. The van der Waals surface area contributed by atoms with Gasteiger partial charge in [0.1, 0.15) is 12.3 Å². The fourth-order valence-electron chi connectivity index (χ4n) is 6.44. The molecule has 16 nitrogen and oxygen atoms in total. The number of aliphatic hydroxyl groups is 1. The second-order valence-electron chi connectivity index (χ2n) is 13.3. The van der Waals surface area contributed by atoms with E-state index >= 15 is 0 Å². The van der Waals surface area contributed by atoms with Gasteiger partial charge in [0.2, 0.25) is 10.0 Å². The zero-order valence-corrected chi connectivity index (χ0v) is 30.1. The predicted molar refractivity (Wildman–Crippen MR) is 184 cm³/mol. The highest BCUT2D eigenvalue weighted by Gasteiger charge is 2.49. The molecule has 0 bridgehead atoms. The smallest absolute Gasteiger partial charge is 0.407 e. The van der Waals surface area contributed by atoms with Gasteiger partial charge in [0, 0.05) is 32.6 Å². The molecule has 0 unspecified atom stereocenters. The first-order valence-corrected chi connectivity index (χ1v) is 18.2. The number of hydrogen-bond donors (Lipinski definition) is 5. The van der Waals surface area contributed by atoms with Crippen LogP contribution in [0, 0.1) is 11.3 Å². The number of benzene rings is 2. The van der Waals surface area contributed by atoms with Crippen molar-refractivity contribution in [1.29, 1.82) is 0 Å². The largest absolute Gasteiger partial charge is 0.497 e. The van der Waals surface area contributed by atoms with Crippen molar-refractivity contribution in [3.63, 3.8) is 0 Å². The number of hydroxylamine groups is 1. The highest BCUT2D eigenvalue weighted by Crippen LogP contribution is 2.36. The van der Waals surface area contributed by atoms with Gasteiger partial charge in [-0.1, -0.05) is 44.2 Å². The van der Waals surface area contributed by atoms with Crippen LogP contribution >= 0.6 is 0 Å². The zero-order chi connectivity index (χ0) is 37.2. The van der Waals surface area contributed by atoms with E-state index in [0.717, 1.165) is 9.87 Å². The number of nitrogens with zero attached hydrogens (tertiary/aromatic N) is 2. The molecule has 51 heavy (non-hydrogen) atoms. The zero-order valence-electron chi connectivity index (χ0n) is 29.3. The number of fused-ring (bicyclic) bond motifs is 1. The van der Waals surface area contributed by atoms with Gasteiger partial charge >= 0.3 is 18.1 Å². The third-order valence-electron chi connectivity index (χ3n) is 9.06. The van der Waals surface area contributed by atoms with Gasteiger partial charge in [-0.2, -0.15) is 9.79 Å². The number of nitrogens with one attached hydrogen (secondary N) is 3. The van der Waals surface area contributed by atoms with E-state index in [9.17, 15) is 33.0 Å². The molecule has 2 aliphatic heterocycles. The van der Waals surface area contributed by atoms with Crippen molar-refractivity contribution in [1.82, 2.24) is 25.3 Å². The van der Waals surface area contributed by atoms with Crippen molar-refractivity contribution in [3.8, 4) is 5.75 Å². The van der Waals surface area contributed by atoms with Crippen LogP contribution in [0.3, 0.4) is 0 Å². The summed E-state index contributed by atoms with van der Waals surface area (Å²) in [5, 5.41) is 27.7. The average Bonchev–Trinajstić information content (AvgIpc) is 3.72. The molecule has 2 fully saturated rings. The fraction of sp³-hybridized carbons (Fsp3) is 0.559. The van der Waals surface area contributed by atoms with E-state index in [4.69, 9.17) is 14.2 Å². The van der Waals surface area contributed by atoms with E-state index < -0.39 is 64.6 Å². The molecule has 2 aliphatic rings. The third-order valence-corrected chi connectivity index (χ3v) is 10.9. The summed E-state index contributed by atoms with van der Waals surface area (Å²) in [5.74, 6) is -0.462. The summed E-state index contributed by atoms with van der Waals surface area (Å²) >= 11 is 0. The van der Waals surface area contributed by atoms with Gasteiger partial charge in [-0.05, 0) is 54.5 Å². The van der Waals surface area contributed by atoms with E-state index in [-0.39, 0.29) is 43.5 Å². The number of sulfonamides is 1. The van der Waals surface area contributed by atoms with Crippen LogP contribution in [0.5, 0.6) is 5.75 Å². The van der Waals surface area contributed by atoms with Crippen LogP contribution in [-0.4, -0.2) is 124 Å². The Hall–Kier alpha value is -4.00. The lowest BCUT2D eigenvalue weighted by molar-refractivity contribution is -0.148. The normalized spacial score (nSPS) is 19.9. The van der Waals surface area contributed by atoms with Crippen molar-refractivity contribution in [2.45, 2.75) is 62.5 Å². The van der Waals surface area contributed by atoms with E-state index in [1.165, 1.54) is 43.3 Å². The summed E-state index contributed by atoms with van der Waals surface area (Å²) in [4.78, 5) is 42.5. The molecule has 3 amide bonds. The lowest BCUT2D eigenvalue weighted by atomic mass is 9.89. The number of urea groups is 1. The minimum Gasteiger partial charge on any atom is -0.497 e. The monoisotopic (exact) mass is 735 g/mol. The molecule has 2 aromatic carbocycles. The van der Waals surface area contributed by atoms with Crippen LogP contribution in [-0.2, 0) is 35.5 Å². The number of ether oxygens (including phenoxy) is 3. The Kier molecular flexibility index (Phi) is 14.0. The molecular weight excluding hydrogens is 686 g/mol. The summed E-state index contributed by atoms with van der Waals surface area (Å²) in [6.07, 6.45) is -2.26. The van der Waals surface area contributed by atoms with Crippen LogP contribution in [0.4, 0.5) is 9.59 Å². The van der Waals surface area contributed by atoms with Gasteiger partial charge < -0.3 is 39.9 Å². The number of carboxylic acid groups (broad SMARTS) is 1. The highest BCUT2D eigenvalue weighted by atomic mass is 32.2. The average molecular weight is 736 g/mol. The van der Waals surface area contributed by atoms with Crippen molar-refractivity contribution in [2.75, 3.05) is 53.6 Å². The quantitative estimate of drug-likeness (QED) is 0.139. The van der Waals surface area contributed by atoms with Crippen LogP contribution in [0.15, 0.2) is 59.5 Å². The van der Waals surface area contributed by atoms with E-state index in [2.05, 4.69) is 21.0 Å². The standard InChI is InChI=1S/C34H49N5O11S/c1-34(2,15-16-36-32(42)37-19-30(41)50-35-3)22-38(51(45,46)25-12-10-24(47-4)11-13-25)20-29(40)27(18-23-8-6-5-7-9-23)39(33(43)44)28-21-49-31-26(28)14-17-48-31/h5-13,26-29,31,35,40H,14-22H2,1-4H3,(H,43,44)(H2,36,37,42)/t26-,27-,28-,29+,31+/m0/s1. The van der Waals surface area contributed by atoms with E-state index in [0.29, 0.717) is 25.2 Å². The minimum absolute atomic E-state index is 0.0397. The van der Waals surface area contributed by atoms with Crippen LogP contribution in [0.1, 0.15) is 32.3 Å². The van der Waals surface area contributed by atoms with Gasteiger partial charge in [-0.3, -0.25) is 4.90 Å². The number of methoxy groups -OCH3 is 1. The molecule has 2 heterocycles. The number of amides is 3. The van der Waals surface area contributed by atoms with E-state index in [1.54, 1.807) is 0 Å². The highest BCUT2D eigenvalue weighted by molar-refractivity contribution is 7.89. The van der Waals surface area contributed by atoms with Gasteiger partial charge in [0.05, 0.1) is 43.4 Å². The Morgan fingerprint density at radius 1 is 1.06 bits per heavy atom. The Morgan fingerprint density at radius 3 is 2.41 bits per heavy atom. The van der Waals surface area contributed by atoms with E-state index in [1.807, 2.05) is 44.2 Å². The molecule has 2 saturated heterocycles. The molecular formula is C34H49N5O11S.